The first-order valence-corrected chi connectivity index (χ1v) is 9.61. The summed E-state index contributed by atoms with van der Waals surface area (Å²) >= 11 is 3.31. The number of anilines is 1. The number of methoxy groups -OCH3 is 1. The van der Waals surface area contributed by atoms with Gasteiger partial charge in [0.05, 0.1) is 18.9 Å². The lowest BCUT2D eigenvalue weighted by Crippen LogP contribution is -2.54. The number of ether oxygens (including phenoxy) is 2. The number of rotatable bonds is 5. The molecule has 0 bridgehead atoms. The molecule has 29 heavy (non-hydrogen) atoms. The van der Waals surface area contributed by atoms with E-state index in [9.17, 15) is 14.4 Å². The number of benzene rings is 2. The zero-order chi connectivity index (χ0) is 21.1. The minimum absolute atomic E-state index is 0.153. The van der Waals surface area contributed by atoms with Gasteiger partial charge in [-0.1, -0.05) is 28.1 Å². The van der Waals surface area contributed by atoms with Gasteiger partial charge in [-0.15, -0.1) is 0 Å². The van der Waals surface area contributed by atoms with E-state index in [1.165, 1.54) is 13.2 Å². The fourth-order valence-corrected chi connectivity index (χ4v) is 3.07. The van der Waals surface area contributed by atoms with Crippen LogP contribution in [0.1, 0.15) is 19.4 Å². The van der Waals surface area contributed by atoms with Crippen LogP contribution in [0.15, 0.2) is 52.5 Å². The molecule has 1 aliphatic rings. The Morgan fingerprint density at radius 3 is 2.38 bits per heavy atom. The number of nitrogens with one attached hydrogen (secondary N) is 1. The number of hydrogen-bond donors (Lipinski definition) is 1. The summed E-state index contributed by atoms with van der Waals surface area (Å²) in [6.07, 6.45) is 1.25. The quantitative estimate of drug-likeness (QED) is 0.542. The van der Waals surface area contributed by atoms with Crippen LogP contribution in [0.5, 0.6) is 11.5 Å². The molecule has 0 aromatic heterocycles. The highest BCUT2D eigenvalue weighted by Crippen LogP contribution is 2.34. The van der Waals surface area contributed by atoms with Gasteiger partial charge in [0.15, 0.2) is 11.5 Å². The van der Waals surface area contributed by atoms with Crippen molar-refractivity contribution < 1.29 is 23.9 Å². The molecule has 2 aromatic carbocycles. The second-order valence-corrected chi connectivity index (χ2v) is 7.40. The van der Waals surface area contributed by atoms with E-state index >= 15 is 0 Å². The summed E-state index contributed by atoms with van der Waals surface area (Å²) in [6.45, 7) is 3.71. The van der Waals surface area contributed by atoms with Gasteiger partial charge in [0.1, 0.15) is 5.57 Å². The average Bonchev–Trinajstić information content (AvgIpc) is 2.67. The van der Waals surface area contributed by atoms with E-state index in [1.807, 2.05) is 13.8 Å². The molecule has 150 valence electrons. The molecule has 2 aromatic rings. The molecule has 1 heterocycles. The van der Waals surface area contributed by atoms with Crippen LogP contribution < -0.4 is 19.7 Å². The number of amides is 4. The normalized spacial score (nSPS) is 15.7. The molecule has 8 heteroatoms. The number of halogens is 1. The first-order valence-electron chi connectivity index (χ1n) is 8.82. The van der Waals surface area contributed by atoms with Crippen molar-refractivity contribution in [3.8, 4) is 11.5 Å². The topological polar surface area (TPSA) is 84.9 Å². The highest BCUT2D eigenvalue weighted by atomic mass is 79.9. The highest BCUT2D eigenvalue weighted by molar-refractivity contribution is 9.10. The number of imide groups is 2. The van der Waals surface area contributed by atoms with Crippen LogP contribution in [0, 0.1) is 0 Å². The standard InChI is InChI=1S/C21H19BrN2O5/c1-12(2)29-18-13(5-4-6-17(18)28-3)11-16-19(25)23-21(27)24(20(16)26)15-9-7-14(22)8-10-15/h4-12H,1-3H3,(H,23,25,27)/b16-11+. The minimum atomic E-state index is -0.802. The van der Waals surface area contributed by atoms with Crippen LogP contribution in [0.25, 0.3) is 6.08 Å². The number of barbiturate groups is 1. The van der Waals surface area contributed by atoms with Gasteiger partial charge in [-0.25, -0.2) is 9.69 Å². The summed E-state index contributed by atoms with van der Waals surface area (Å²) in [5, 5.41) is 2.21. The zero-order valence-corrected chi connectivity index (χ0v) is 17.6. The number of carbonyl (C=O) groups excluding carboxylic acids is 3. The van der Waals surface area contributed by atoms with Gasteiger partial charge in [0.25, 0.3) is 11.8 Å². The predicted octanol–water partition coefficient (Wildman–Crippen LogP) is 3.91. The number of hydrogen-bond acceptors (Lipinski definition) is 5. The lowest BCUT2D eigenvalue weighted by molar-refractivity contribution is -0.122. The van der Waals surface area contributed by atoms with Gasteiger partial charge in [0.2, 0.25) is 0 Å². The molecule has 0 radical (unpaired) electrons. The maximum atomic E-state index is 13.0. The van der Waals surface area contributed by atoms with Gasteiger partial charge in [-0.2, -0.15) is 0 Å². The van der Waals surface area contributed by atoms with E-state index in [1.54, 1.807) is 42.5 Å². The van der Waals surface area contributed by atoms with Crippen LogP contribution in [0.2, 0.25) is 0 Å². The molecule has 3 rings (SSSR count). The molecule has 1 saturated heterocycles. The number of para-hydroxylation sites is 1. The van der Waals surface area contributed by atoms with Crippen LogP contribution >= 0.6 is 15.9 Å². The largest absolute Gasteiger partial charge is 0.493 e. The van der Waals surface area contributed by atoms with Crippen molar-refractivity contribution in [3.05, 3.63) is 58.1 Å². The monoisotopic (exact) mass is 458 g/mol. The highest BCUT2D eigenvalue weighted by Gasteiger charge is 2.37. The predicted molar refractivity (Wildman–Crippen MR) is 112 cm³/mol. The molecule has 4 amide bonds. The van der Waals surface area contributed by atoms with Crippen LogP contribution in [-0.4, -0.2) is 31.1 Å². The van der Waals surface area contributed by atoms with Crippen molar-refractivity contribution in [3.63, 3.8) is 0 Å². The fraction of sp³-hybridized carbons (Fsp3) is 0.190. The molecule has 0 aliphatic carbocycles. The molecular formula is C21H19BrN2O5. The Morgan fingerprint density at radius 1 is 1.07 bits per heavy atom. The molecule has 0 spiro atoms. The van der Waals surface area contributed by atoms with Crippen molar-refractivity contribution in [1.29, 1.82) is 0 Å². The Hall–Kier alpha value is -3.13. The molecule has 0 unspecified atom stereocenters. The van der Waals surface area contributed by atoms with E-state index in [4.69, 9.17) is 9.47 Å². The summed E-state index contributed by atoms with van der Waals surface area (Å²) in [7, 11) is 1.51. The molecule has 7 nitrogen and oxygen atoms in total. The molecule has 0 atom stereocenters. The Morgan fingerprint density at radius 2 is 1.76 bits per heavy atom. The van der Waals surface area contributed by atoms with E-state index in [0.29, 0.717) is 22.7 Å². The maximum absolute atomic E-state index is 13.0. The first kappa shape index (κ1) is 20.6. The Bertz CT molecular complexity index is 999. The van der Waals surface area contributed by atoms with Crippen LogP contribution in [0.4, 0.5) is 10.5 Å². The second kappa shape index (κ2) is 8.48. The van der Waals surface area contributed by atoms with Crippen LogP contribution in [-0.2, 0) is 9.59 Å². The van der Waals surface area contributed by atoms with Crippen molar-refractivity contribution in [2.75, 3.05) is 12.0 Å². The third-order valence-electron chi connectivity index (χ3n) is 4.07. The van der Waals surface area contributed by atoms with Gasteiger partial charge in [-0.3, -0.25) is 14.9 Å². The third-order valence-corrected chi connectivity index (χ3v) is 4.60. The number of nitrogens with zero attached hydrogens (tertiary/aromatic N) is 1. The molecule has 0 saturated carbocycles. The molecule has 1 aliphatic heterocycles. The number of urea groups is 1. The van der Waals surface area contributed by atoms with E-state index in [-0.39, 0.29) is 11.7 Å². The second-order valence-electron chi connectivity index (χ2n) is 6.48. The van der Waals surface area contributed by atoms with Gasteiger partial charge < -0.3 is 9.47 Å². The van der Waals surface area contributed by atoms with Crippen molar-refractivity contribution in [2.24, 2.45) is 0 Å². The van der Waals surface area contributed by atoms with Gasteiger partial charge in [0, 0.05) is 10.0 Å². The number of carbonyl (C=O) groups is 3. The lowest BCUT2D eigenvalue weighted by Gasteiger charge is -2.26. The first-order chi connectivity index (χ1) is 13.8. The lowest BCUT2D eigenvalue weighted by atomic mass is 10.1. The minimum Gasteiger partial charge on any atom is -0.493 e. The maximum Gasteiger partial charge on any atom is 0.335 e. The Kier molecular flexibility index (Phi) is 6.03. The SMILES string of the molecule is COc1cccc(/C=C2\C(=O)NC(=O)N(c3ccc(Br)cc3)C2=O)c1OC(C)C. The average molecular weight is 459 g/mol. The summed E-state index contributed by atoms with van der Waals surface area (Å²) in [4.78, 5) is 38.6. The molecular weight excluding hydrogens is 440 g/mol. The molecule has 1 fully saturated rings. The van der Waals surface area contributed by atoms with E-state index in [0.717, 1.165) is 9.37 Å². The van der Waals surface area contributed by atoms with Gasteiger partial charge in [-0.05, 0) is 50.3 Å². The third kappa shape index (κ3) is 4.32. The summed E-state index contributed by atoms with van der Waals surface area (Å²) in [5.74, 6) is -0.617. The summed E-state index contributed by atoms with van der Waals surface area (Å²) in [5.41, 5.74) is 0.648. The van der Waals surface area contributed by atoms with E-state index < -0.39 is 17.8 Å². The van der Waals surface area contributed by atoms with Crippen molar-refractivity contribution in [1.82, 2.24) is 5.32 Å². The van der Waals surface area contributed by atoms with Crippen molar-refractivity contribution in [2.45, 2.75) is 20.0 Å². The Labute approximate surface area is 176 Å². The smallest absolute Gasteiger partial charge is 0.335 e. The van der Waals surface area contributed by atoms with Crippen molar-refractivity contribution >= 4 is 45.5 Å². The van der Waals surface area contributed by atoms with Crippen LogP contribution in [0.3, 0.4) is 0 Å². The summed E-state index contributed by atoms with van der Waals surface area (Å²) in [6, 6.07) is 11.0. The Balaban J connectivity index is 2.06. The summed E-state index contributed by atoms with van der Waals surface area (Å²) < 4.78 is 12.0. The molecule has 1 N–H and O–H groups in total. The fourth-order valence-electron chi connectivity index (χ4n) is 2.81. The van der Waals surface area contributed by atoms with Gasteiger partial charge >= 0.3 is 6.03 Å². The van der Waals surface area contributed by atoms with E-state index in [2.05, 4.69) is 21.2 Å². The zero-order valence-electron chi connectivity index (χ0n) is 16.1.